The van der Waals surface area contributed by atoms with Gasteiger partial charge in [0.2, 0.25) is 0 Å². The summed E-state index contributed by atoms with van der Waals surface area (Å²) in [5.41, 5.74) is -0.473. The zero-order valence-corrected chi connectivity index (χ0v) is 15.0. The van der Waals surface area contributed by atoms with Crippen molar-refractivity contribution in [3.63, 3.8) is 0 Å². The minimum absolute atomic E-state index is 0. The summed E-state index contributed by atoms with van der Waals surface area (Å²) in [6.45, 7) is 5.15. The van der Waals surface area contributed by atoms with E-state index in [0.29, 0.717) is 13.1 Å². The lowest BCUT2D eigenvalue weighted by Gasteiger charge is -2.38. The van der Waals surface area contributed by atoms with Crippen LogP contribution in [0.25, 0.3) is 5.69 Å². The van der Waals surface area contributed by atoms with Gasteiger partial charge < -0.3 is 10.2 Å². The van der Waals surface area contributed by atoms with Crippen LogP contribution in [0.5, 0.6) is 0 Å². The molecule has 1 aromatic heterocycles. The second-order valence-corrected chi connectivity index (χ2v) is 6.08. The molecule has 26 heavy (non-hydrogen) atoms. The van der Waals surface area contributed by atoms with Crippen molar-refractivity contribution in [3.05, 3.63) is 41.7 Å². The number of alkyl halides is 3. The molecule has 1 aliphatic heterocycles. The fourth-order valence-corrected chi connectivity index (χ4v) is 2.80. The van der Waals surface area contributed by atoms with E-state index in [9.17, 15) is 18.0 Å². The van der Waals surface area contributed by atoms with Crippen molar-refractivity contribution >= 4 is 18.3 Å². The number of halogens is 4. The molecule has 1 saturated heterocycles. The van der Waals surface area contributed by atoms with E-state index in [1.807, 2.05) is 13.8 Å². The van der Waals surface area contributed by atoms with E-state index in [0.717, 1.165) is 12.1 Å². The number of nitrogens with zero attached hydrogens (tertiary/aromatic N) is 4. The molecule has 2 heterocycles. The Morgan fingerprint density at radius 2 is 2.04 bits per heavy atom. The first-order valence-corrected chi connectivity index (χ1v) is 7.91. The molecule has 10 heteroatoms. The number of nitrogens with one attached hydrogen (secondary N) is 1. The lowest BCUT2D eigenvalue weighted by molar-refractivity contribution is -0.137. The summed E-state index contributed by atoms with van der Waals surface area (Å²) in [5, 5.41) is 10.9. The van der Waals surface area contributed by atoms with Crippen LogP contribution >= 0.6 is 12.4 Å². The molecular weight excluding hydrogens is 371 g/mol. The third kappa shape index (κ3) is 3.99. The lowest BCUT2D eigenvalue weighted by Crippen LogP contribution is -2.57. The van der Waals surface area contributed by atoms with Gasteiger partial charge in [-0.1, -0.05) is 11.3 Å². The fraction of sp³-hybridized carbons (Fsp3) is 0.438. The van der Waals surface area contributed by atoms with Crippen LogP contribution in [0, 0.1) is 0 Å². The number of benzene rings is 1. The van der Waals surface area contributed by atoms with Crippen LogP contribution in [-0.4, -0.2) is 51.0 Å². The molecule has 142 valence electrons. The van der Waals surface area contributed by atoms with Crippen LogP contribution in [0.15, 0.2) is 30.5 Å². The third-order valence-corrected chi connectivity index (χ3v) is 4.45. The summed E-state index contributed by atoms with van der Waals surface area (Å²) in [6, 6.07) is 4.86. The van der Waals surface area contributed by atoms with Gasteiger partial charge in [0.05, 0.1) is 17.4 Å². The fourth-order valence-electron chi connectivity index (χ4n) is 2.80. The largest absolute Gasteiger partial charge is 0.416 e. The second-order valence-electron chi connectivity index (χ2n) is 6.08. The monoisotopic (exact) mass is 389 g/mol. The molecule has 3 rings (SSSR count). The number of carbonyl (C=O) groups excluding carboxylic acids is 1. The van der Waals surface area contributed by atoms with Crippen LogP contribution in [0.1, 0.15) is 29.9 Å². The Balaban J connectivity index is 0.00000243. The molecule has 2 atom stereocenters. The normalized spacial score (nSPS) is 20.6. The first-order chi connectivity index (χ1) is 11.8. The maximum absolute atomic E-state index is 12.8. The van der Waals surface area contributed by atoms with E-state index in [2.05, 4.69) is 15.6 Å². The minimum Gasteiger partial charge on any atom is -0.332 e. The lowest BCUT2D eigenvalue weighted by atomic mass is 10.1. The summed E-state index contributed by atoms with van der Waals surface area (Å²) < 4.78 is 39.7. The Morgan fingerprint density at radius 3 is 2.73 bits per heavy atom. The molecule has 1 aliphatic rings. The summed E-state index contributed by atoms with van der Waals surface area (Å²) in [6.07, 6.45) is -3.08. The number of hydrogen-bond acceptors (Lipinski definition) is 4. The SMILES string of the molecule is CC1NCCN(C(=O)c2cn(-c3cccc(C(F)(F)F)c3)nn2)C1C.Cl. The molecule has 1 amide bonds. The maximum atomic E-state index is 12.8. The van der Waals surface area contributed by atoms with Gasteiger partial charge in [0.15, 0.2) is 5.69 Å². The van der Waals surface area contributed by atoms with E-state index in [4.69, 9.17) is 0 Å². The van der Waals surface area contributed by atoms with Gasteiger partial charge in [-0.3, -0.25) is 4.79 Å². The van der Waals surface area contributed by atoms with Crippen molar-refractivity contribution in [1.82, 2.24) is 25.2 Å². The van der Waals surface area contributed by atoms with Gasteiger partial charge >= 0.3 is 6.18 Å². The van der Waals surface area contributed by atoms with Crippen molar-refractivity contribution in [2.24, 2.45) is 0 Å². The average molecular weight is 390 g/mol. The van der Waals surface area contributed by atoms with E-state index >= 15 is 0 Å². The molecule has 0 aliphatic carbocycles. The van der Waals surface area contributed by atoms with Gasteiger partial charge in [-0.15, -0.1) is 17.5 Å². The van der Waals surface area contributed by atoms with Crippen LogP contribution in [0.2, 0.25) is 0 Å². The van der Waals surface area contributed by atoms with Gasteiger partial charge in [-0.2, -0.15) is 13.2 Å². The van der Waals surface area contributed by atoms with E-state index < -0.39 is 11.7 Å². The highest BCUT2D eigenvalue weighted by atomic mass is 35.5. The Morgan fingerprint density at radius 1 is 1.31 bits per heavy atom. The number of rotatable bonds is 2. The third-order valence-electron chi connectivity index (χ3n) is 4.45. The highest BCUT2D eigenvalue weighted by Gasteiger charge is 2.32. The van der Waals surface area contributed by atoms with Crippen LogP contribution < -0.4 is 5.32 Å². The topological polar surface area (TPSA) is 63.1 Å². The maximum Gasteiger partial charge on any atom is 0.416 e. The second kappa shape index (κ2) is 7.63. The van der Waals surface area contributed by atoms with E-state index in [-0.39, 0.29) is 41.8 Å². The summed E-state index contributed by atoms with van der Waals surface area (Å²) in [5.74, 6) is -0.279. The summed E-state index contributed by atoms with van der Waals surface area (Å²) in [4.78, 5) is 14.3. The minimum atomic E-state index is -4.44. The first kappa shape index (κ1) is 20.2. The number of aromatic nitrogens is 3. The van der Waals surface area contributed by atoms with Gasteiger partial charge in [0.25, 0.3) is 5.91 Å². The summed E-state index contributed by atoms with van der Waals surface area (Å²) in [7, 11) is 0. The quantitative estimate of drug-likeness (QED) is 0.857. The number of carbonyl (C=O) groups is 1. The molecule has 1 fully saturated rings. The molecule has 2 unspecified atom stereocenters. The molecule has 0 saturated carbocycles. The Hall–Kier alpha value is -2.13. The number of amides is 1. The molecule has 1 aromatic carbocycles. The van der Waals surface area contributed by atoms with Crippen molar-refractivity contribution in [2.45, 2.75) is 32.1 Å². The standard InChI is InChI=1S/C16H18F3N5O.ClH/c1-10-11(2)23(7-6-20-10)15(25)14-9-24(22-21-14)13-5-3-4-12(8-13)16(17,18)19;/h3-5,8-11,20H,6-7H2,1-2H3;1H. The smallest absolute Gasteiger partial charge is 0.332 e. The Bertz CT molecular complexity index is 779. The van der Waals surface area contributed by atoms with Crippen molar-refractivity contribution < 1.29 is 18.0 Å². The first-order valence-electron chi connectivity index (χ1n) is 7.91. The van der Waals surface area contributed by atoms with Gasteiger partial charge in [0, 0.05) is 25.2 Å². The zero-order chi connectivity index (χ0) is 18.2. The average Bonchev–Trinajstić information content (AvgIpc) is 3.06. The van der Waals surface area contributed by atoms with Crippen LogP contribution in [0.3, 0.4) is 0 Å². The number of piperazine rings is 1. The highest BCUT2D eigenvalue weighted by Crippen LogP contribution is 2.30. The van der Waals surface area contributed by atoms with Crippen molar-refractivity contribution in [1.29, 1.82) is 0 Å². The van der Waals surface area contributed by atoms with E-state index in [1.165, 1.54) is 23.0 Å². The van der Waals surface area contributed by atoms with Crippen molar-refractivity contribution in [2.75, 3.05) is 13.1 Å². The molecular formula is C16H19ClF3N5O. The van der Waals surface area contributed by atoms with Crippen molar-refractivity contribution in [3.8, 4) is 5.69 Å². The molecule has 2 aromatic rings. The number of hydrogen-bond donors (Lipinski definition) is 1. The predicted octanol–water partition coefficient (Wildman–Crippen LogP) is 2.53. The zero-order valence-electron chi connectivity index (χ0n) is 14.2. The van der Waals surface area contributed by atoms with E-state index in [1.54, 1.807) is 4.90 Å². The molecule has 1 N–H and O–H groups in total. The van der Waals surface area contributed by atoms with Gasteiger partial charge in [-0.05, 0) is 32.0 Å². The molecule has 0 radical (unpaired) electrons. The van der Waals surface area contributed by atoms with Crippen LogP contribution in [0.4, 0.5) is 13.2 Å². The molecule has 0 spiro atoms. The summed E-state index contributed by atoms with van der Waals surface area (Å²) >= 11 is 0. The Labute approximate surface area is 154 Å². The van der Waals surface area contributed by atoms with Gasteiger partial charge in [-0.25, -0.2) is 4.68 Å². The van der Waals surface area contributed by atoms with Gasteiger partial charge in [0.1, 0.15) is 0 Å². The molecule has 0 bridgehead atoms. The molecule has 6 nitrogen and oxygen atoms in total. The predicted molar refractivity (Wildman–Crippen MR) is 91.6 cm³/mol. The Kier molecular flexibility index (Phi) is 5.92. The van der Waals surface area contributed by atoms with Crippen LogP contribution in [-0.2, 0) is 6.18 Å². The highest BCUT2D eigenvalue weighted by molar-refractivity contribution is 5.92.